The molecule has 158 valence electrons. The molecule has 2 aliphatic heterocycles. The highest BCUT2D eigenvalue weighted by Gasteiger charge is 2.42. The Balaban J connectivity index is 1.16. The van der Waals surface area contributed by atoms with E-state index in [1.165, 1.54) is 0 Å². The Labute approximate surface area is 176 Å². The van der Waals surface area contributed by atoms with Crippen molar-refractivity contribution in [3.63, 3.8) is 0 Å². The van der Waals surface area contributed by atoms with Crippen molar-refractivity contribution < 1.29 is 13.2 Å². The first-order chi connectivity index (χ1) is 14.5. The third kappa shape index (κ3) is 3.67. The zero-order valence-corrected chi connectivity index (χ0v) is 17.5. The fraction of sp³-hybridized carbons (Fsp3) is 0.476. The summed E-state index contributed by atoms with van der Waals surface area (Å²) < 4.78 is 26.3. The molecule has 2 aromatic rings. The van der Waals surface area contributed by atoms with Crippen LogP contribution < -0.4 is 4.90 Å². The van der Waals surface area contributed by atoms with Crippen LogP contribution in [0.15, 0.2) is 42.7 Å². The zero-order valence-electron chi connectivity index (χ0n) is 16.7. The molecule has 3 aliphatic rings. The van der Waals surface area contributed by atoms with E-state index in [0.29, 0.717) is 39.3 Å². The van der Waals surface area contributed by atoms with Crippen molar-refractivity contribution in [2.24, 2.45) is 5.92 Å². The first-order valence-electron chi connectivity index (χ1n) is 10.4. The molecule has 0 radical (unpaired) electrons. The van der Waals surface area contributed by atoms with Gasteiger partial charge in [-0.15, -0.1) is 0 Å². The van der Waals surface area contributed by atoms with Crippen molar-refractivity contribution in [1.82, 2.24) is 19.2 Å². The second kappa shape index (κ2) is 7.63. The highest BCUT2D eigenvalue weighted by molar-refractivity contribution is 7.90. The van der Waals surface area contributed by atoms with Crippen LogP contribution in [0.2, 0.25) is 0 Å². The Hall–Kier alpha value is -2.52. The first kappa shape index (κ1) is 19.4. The Kier molecular flexibility index (Phi) is 4.94. The van der Waals surface area contributed by atoms with Gasteiger partial charge in [-0.3, -0.25) is 4.79 Å². The molecule has 1 saturated carbocycles. The number of rotatable bonds is 5. The molecule has 1 aromatic carbocycles. The number of carbonyl (C=O) groups excluding carboxylic acids is 1. The van der Waals surface area contributed by atoms with Gasteiger partial charge >= 0.3 is 0 Å². The van der Waals surface area contributed by atoms with E-state index in [1.54, 1.807) is 10.6 Å². The minimum Gasteiger partial charge on any atom is -0.355 e. The normalized spacial score (nSPS) is 20.8. The SMILES string of the molecule is O=C(C1CN(c2cc(-c3ccccc3)ncn2)C1)N1CCN(S(=O)(=O)C2CC2)CC1. The fourth-order valence-corrected chi connectivity index (χ4v) is 5.93. The van der Waals surface area contributed by atoms with E-state index in [-0.39, 0.29) is 17.1 Å². The molecule has 3 heterocycles. The number of amides is 1. The van der Waals surface area contributed by atoms with Crippen molar-refractivity contribution in [1.29, 1.82) is 0 Å². The summed E-state index contributed by atoms with van der Waals surface area (Å²) in [4.78, 5) is 25.5. The van der Waals surface area contributed by atoms with Gasteiger partial charge in [0.25, 0.3) is 0 Å². The smallest absolute Gasteiger partial charge is 0.229 e. The molecule has 0 N–H and O–H groups in total. The van der Waals surface area contributed by atoms with Gasteiger partial charge in [0.1, 0.15) is 12.1 Å². The summed E-state index contributed by atoms with van der Waals surface area (Å²) >= 11 is 0. The maximum atomic E-state index is 12.8. The lowest BCUT2D eigenvalue weighted by molar-refractivity contribution is -0.137. The Bertz CT molecular complexity index is 1030. The van der Waals surface area contributed by atoms with E-state index in [2.05, 4.69) is 14.9 Å². The maximum absolute atomic E-state index is 12.8. The van der Waals surface area contributed by atoms with E-state index < -0.39 is 10.0 Å². The summed E-state index contributed by atoms with van der Waals surface area (Å²) in [6.45, 7) is 3.04. The lowest BCUT2D eigenvalue weighted by atomic mass is 9.98. The van der Waals surface area contributed by atoms with E-state index in [0.717, 1.165) is 29.9 Å². The molecule has 1 aromatic heterocycles. The molecule has 0 atom stereocenters. The molecule has 3 fully saturated rings. The maximum Gasteiger partial charge on any atom is 0.229 e. The van der Waals surface area contributed by atoms with Crippen LogP contribution >= 0.6 is 0 Å². The van der Waals surface area contributed by atoms with Crippen LogP contribution in [0.3, 0.4) is 0 Å². The largest absolute Gasteiger partial charge is 0.355 e. The molecule has 1 aliphatic carbocycles. The predicted molar refractivity (Wildman–Crippen MR) is 113 cm³/mol. The number of anilines is 1. The Morgan fingerprint density at radius 3 is 2.33 bits per heavy atom. The van der Waals surface area contributed by atoms with E-state index in [4.69, 9.17) is 0 Å². The second-order valence-electron chi connectivity index (χ2n) is 8.20. The minimum atomic E-state index is -3.15. The van der Waals surface area contributed by atoms with Crippen LogP contribution in [0.25, 0.3) is 11.3 Å². The molecule has 5 rings (SSSR count). The average molecular weight is 428 g/mol. The third-order valence-corrected chi connectivity index (χ3v) is 8.53. The summed E-state index contributed by atoms with van der Waals surface area (Å²) in [5.41, 5.74) is 1.90. The van der Waals surface area contributed by atoms with Gasteiger partial charge in [0, 0.05) is 50.9 Å². The van der Waals surface area contributed by atoms with E-state index in [9.17, 15) is 13.2 Å². The summed E-state index contributed by atoms with van der Waals surface area (Å²) in [6.07, 6.45) is 3.11. The summed E-state index contributed by atoms with van der Waals surface area (Å²) in [6, 6.07) is 11.9. The number of carbonyl (C=O) groups is 1. The van der Waals surface area contributed by atoms with Crippen molar-refractivity contribution in [3.8, 4) is 11.3 Å². The molecule has 0 bridgehead atoms. The van der Waals surface area contributed by atoms with Crippen molar-refractivity contribution in [2.45, 2.75) is 18.1 Å². The van der Waals surface area contributed by atoms with Crippen LogP contribution in [-0.4, -0.2) is 78.0 Å². The molecular weight excluding hydrogens is 402 g/mol. The van der Waals surface area contributed by atoms with Gasteiger partial charge in [-0.2, -0.15) is 4.31 Å². The average Bonchev–Trinajstić information content (AvgIpc) is 3.60. The molecule has 8 nitrogen and oxygen atoms in total. The molecule has 1 amide bonds. The Morgan fingerprint density at radius 2 is 1.67 bits per heavy atom. The predicted octanol–water partition coefficient (Wildman–Crippen LogP) is 1.22. The molecule has 30 heavy (non-hydrogen) atoms. The lowest BCUT2D eigenvalue weighted by Gasteiger charge is -2.43. The standard InChI is InChI=1S/C21H25N5O3S/c27-21(24-8-10-26(11-9-24)30(28,29)18-6-7-18)17-13-25(14-17)20-12-19(22-15-23-20)16-4-2-1-3-5-16/h1-5,12,15,17-18H,6-11,13-14H2. The lowest BCUT2D eigenvalue weighted by Crippen LogP contribution is -2.58. The van der Waals surface area contributed by atoms with Gasteiger partial charge in [0.15, 0.2) is 0 Å². The second-order valence-corrected chi connectivity index (χ2v) is 10.4. The number of hydrogen-bond donors (Lipinski definition) is 0. The van der Waals surface area contributed by atoms with Crippen LogP contribution in [0, 0.1) is 5.92 Å². The molecule has 9 heteroatoms. The van der Waals surface area contributed by atoms with E-state index >= 15 is 0 Å². The monoisotopic (exact) mass is 427 g/mol. The van der Waals surface area contributed by atoms with Crippen molar-refractivity contribution in [2.75, 3.05) is 44.2 Å². The van der Waals surface area contributed by atoms with Gasteiger partial charge in [-0.05, 0) is 12.8 Å². The van der Waals surface area contributed by atoms with Crippen LogP contribution in [0.5, 0.6) is 0 Å². The summed E-state index contributed by atoms with van der Waals surface area (Å²) in [5, 5.41) is -0.186. The van der Waals surface area contributed by atoms with Gasteiger partial charge in [0.05, 0.1) is 16.9 Å². The number of nitrogens with zero attached hydrogens (tertiary/aromatic N) is 5. The zero-order chi connectivity index (χ0) is 20.7. The minimum absolute atomic E-state index is 0.0632. The highest BCUT2D eigenvalue weighted by Crippen LogP contribution is 2.32. The number of benzene rings is 1. The molecular formula is C21H25N5O3S. The number of sulfonamides is 1. The van der Waals surface area contributed by atoms with Crippen LogP contribution in [0.1, 0.15) is 12.8 Å². The van der Waals surface area contributed by atoms with Crippen molar-refractivity contribution >= 4 is 21.7 Å². The van der Waals surface area contributed by atoms with Crippen molar-refractivity contribution in [3.05, 3.63) is 42.7 Å². The van der Waals surface area contributed by atoms with Crippen LogP contribution in [-0.2, 0) is 14.8 Å². The fourth-order valence-electron chi connectivity index (χ4n) is 4.11. The molecule has 0 spiro atoms. The summed E-state index contributed by atoms with van der Waals surface area (Å²) in [5.74, 6) is 0.882. The molecule has 2 saturated heterocycles. The highest BCUT2D eigenvalue weighted by atomic mass is 32.2. The Morgan fingerprint density at radius 1 is 0.967 bits per heavy atom. The number of aromatic nitrogens is 2. The molecule has 0 unspecified atom stereocenters. The first-order valence-corrected chi connectivity index (χ1v) is 11.9. The van der Waals surface area contributed by atoms with Gasteiger partial charge in [-0.1, -0.05) is 30.3 Å². The number of piperazine rings is 1. The topological polar surface area (TPSA) is 86.7 Å². The van der Waals surface area contributed by atoms with E-state index in [1.807, 2.05) is 41.3 Å². The quantitative estimate of drug-likeness (QED) is 0.713. The third-order valence-electron chi connectivity index (χ3n) is 6.13. The van der Waals surface area contributed by atoms with Gasteiger partial charge in [0.2, 0.25) is 15.9 Å². The summed E-state index contributed by atoms with van der Waals surface area (Å²) in [7, 11) is -3.15. The number of hydrogen-bond acceptors (Lipinski definition) is 6. The van der Waals surface area contributed by atoms with Crippen LogP contribution in [0.4, 0.5) is 5.82 Å². The van der Waals surface area contributed by atoms with Gasteiger partial charge < -0.3 is 9.80 Å². The van der Waals surface area contributed by atoms with Gasteiger partial charge in [-0.25, -0.2) is 18.4 Å².